The quantitative estimate of drug-likeness (QED) is 0.528. The molecule has 0 saturated carbocycles. The van der Waals surface area contributed by atoms with Crippen LogP contribution in [0.2, 0.25) is 0 Å². The minimum absolute atomic E-state index is 0.229. The summed E-state index contributed by atoms with van der Waals surface area (Å²) in [6.07, 6.45) is 3.39. The molecule has 3 aromatic heterocycles. The van der Waals surface area contributed by atoms with Crippen LogP contribution in [-0.2, 0) is 0 Å². The lowest BCUT2D eigenvalue weighted by molar-refractivity contribution is 0.103. The van der Waals surface area contributed by atoms with Gasteiger partial charge in [-0.2, -0.15) is 0 Å². The Morgan fingerprint density at radius 3 is 2.68 bits per heavy atom. The first-order valence-electron chi connectivity index (χ1n) is 7.51. The van der Waals surface area contributed by atoms with E-state index in [9.17, 15) is 9.59 Å². The Bertz CT molecular complexity index is 1130. The first-order valence-corrected chi connectivity index (χ1v) is 8.33. The van der Waals surface area contributed by atoms with Crippen molar-refractivity contribution in [2.45, 2.75) is 6.92 Å². The molecule has 7 nitrogen and oxygen atoms in total. The summed E-state index contributed by atoms with van der Waals surface area (Å²) >= 11 is 1.33. The van der Waals surface area contributed by atoms with E-state index in [1.165, 1.54) is 11.3 Å². The average molecular weight is 351 g/mol. The number of aromatic amines is 2. The van der Waals surface area contributed by atoms with Gasteiger partial charge in [-0.1, -0.05) is 0 Å². The third kappa shape index (κ3) is 2.94. The summed E-state index contributed by atoms with van der Waals surface area (Å²) in [5, 5.41) is 3.62. The molecular formula is C17H13N5O2S. The maximum atomic E-state index is 12.6. The highest BCUT2D eigenvalue weighted by Gasteiger charge is 2.16. The SMILES string of the molecule is Cc1nc(-c2ccncc2)sc1C(=O)Nc1ccc2[nH]c(=O)[nH]c2c1. The van der Waals surface area contributed by atoms with E-state index in [1.807, 2.05) is 19.1 Å². The highest BCUT2D eigenvalue weighted by Crippen LogP contribution is 2.28. The van der Waals surface area contributed by atoms with Gasteiger partial charge in [0, 0.05) is 23.6 Å². The number of aryl methyl sites for hydroxylation is 1. The van der Waals surface area contributed by atoms with E-state index in [0.29, 0.717) is 27.3 Å². The van der Waals surface area contributed by atoms with E-state index in [4.69, 9.17) is 0 Å². The standard InChI is InChI=1S/C17H13N5O2S/c1-9-14(25-16(19-9)10-4-6-18-7-5-10)15(23)20-11-2-3-12-13(8-11)22-17(24)21-12/h2-8H,1H3,(H,20,23)(H2,21,22,24). The van der Waals surface area contributed by atoms with Gasteiger partial charge in [-0.25, -0.2) is 9.78 Å². The molecule has 0 spiro atoms. The molecule has 1 amide bonds. The van der Waals surface area contributed by atoms with Crippen LogP contribution in [0.1, 0.15) is 15.4 Å². The first kappa shape index (κ1) is 15.3. The van der Waals surface area contributed by atoms with Crippen molar-refractivity contribution in [2.24, 2.45) is 0 Å². The van der Waals surface area contributed by atoms with Gasteiger partial charge in [0.25, 0.3) is 5.91 Å². The van der Waals surface area contributed by atoms with E-state index in [1.54, 1.807) is 30.6 Å². The molecule has 4 rings (SSSR count). The number of pyridine rings is 1. The molecule has 25 heavy (non-hydrogen) atoms. The van der Waals surface area contributed by atoms with Crippen molar-refractivity contribution in [3.63, 3.8) is 0 Å². The summed E-state index contributed by atoms with van der Waals surface area (Å²) in [5.74, 6) is -0.229. The number of thiazole rings is 1. The Morgan fingerprint density at radius 2 is 1.88 bits per heavy atom. The number of fused-ring (bicyclic) bond motifs is 1. The highest BCUT2D eigenvalue weighted by molar-refractivity contribution is 7.17. The molecule has 0 aliphatic carbocycles. The van der Waals surface area contributed by atoms with Gasteiger partial charge in [0.05, 0.1) is 16.7 Å². The topological polar surface area (TPSA) is 104 Å². The van der Waals surface area contributed by atoms with Gasteiger partial charge in [0.1, 0.15) is 9.88 Å². The molecule has 0 atom stereocenters. The first-order chi connectivity index (χ1) is 12.1. The van der Waals surface area contributed by atoms with Crippen LogP contribution >= 0.6 is 11.3 Å². The van der Waals surface area contributed by atoms with E-state index in [-0.39, 0.29) is 11.6 Å². The minimum Gasteiger partial charge on any atom is -0.321 e. The normalized spacial score (nSPS) is 10.9. The van der Waals surface area contributed by atoms with Crippen molar-refractivity contribution in [3.8, 4) is 10.6 Å². The van der Waals surface area contributed by atoms with Crippen LogP contribution in [0.3, 0.4) is 0 Å². The lowest BCUT2D eigenvalue weighted by Gasteiger charge is -2.03. The molecule has 8 heteroatoms. The lowest BCUT2D eigenvalue weighted by atomic mass is 10.2. The van der Waals surface area contributed by atoms with Crippen molar-refractivity contribution < 1.29 is 4.79 Å². The summed E-state index contributed by atoms with van der Waals surface area (Å²) in [7, 11) is 0. The van der Waals surface area contributed by atoms with Crippen LogP contribution in [0.5, 0.6) is 0 Å². The number of imidazole rings is 1. The van der Waals surface area contributed by atoms with Crippen molar-refractivity contribution in [1.82, 2.24) is 19.9 Å². The van der Waals surface area contributed by atoms with Crippen molar-refractivity contribution in [1.29, 1.82) is 0 Å². The van der Waals surface area contributed by atoms with E-state index < -0.39 is 0 Å². The van der Waals surface area contributed by atoms with Crippen LogP contribution in [-0.4, -0.2) is 25.8 Å². The summed E-state index contributed by atoms with van der Waals surface area (Å²) in [6.45, 7) is 1.81. The van der Waals surface area contributed by atoms with E-state index in [0.717, 1.165) is 10.6 Å². The second kappa shape index (κ2) is 5.99. The number of hydrogen-bond acceptors (Lipinski definition) is 5. The smallest absolute Gasteiger partial charge is 0.321 e. The molecular weight excluding hydrogens is 338 g/mol. The van der Waals surface area contributed by atoms with Gasteiger partial charge < -0.3 is 15.3 Å². The Hall–Kier alpha value is -3.26. The molecule has 0 bridgehead atoms. The summed E-state index contributed by atoms with van der Waals surface area (Å²) in [5.41, 5.74) is 3.25. The fourth-order valence-electron chi connectivity index (χ4n) is 2.52. The van der Waals surface area contributed by atoms with Gasteiger partial charge >= 0.3 is 5.69 Å². The van der Waals surface area contributed by atoms with Gasteiger partial charge in [-0.15, -0.1) is 11.3 Å². The Morgan fingerprint density at radius 1 is 1.12 bits per heavy atom. The maximum Gasteiger partial charge on any atom is 0.323 e. The number of benzene rings is 1. The highest BCUT2D eigenvalue weighted by atomic mass is 32.1. The fourth-order valence-corrected chi connectivity index (χ4v) is 3.49. The summed E-state index contributed by atoms with van der Waals surface area (Å²) in [4.78, 5) is 38.3. The maximum absolute atomic E-state index is 12.6. The largest absolute Gasteiger partial charge is 0.323 e. The van der Waals surface area contributed by atoms with E-state index in [2.05, 4.69) is 25.3 Å². The average Bonchev–Trinajstić information content (AvgIpc) is 3.17. The molecule has 0 saturated heterocycles. The van der Waals surface area contributed by atoms with Crippen LogP contribution in [0.4, 0.5) is 5.69 Å². The van der Waals surface area contributed by atoms with Gasteiger partial charge in [-0.05, 0) is 37.3 Å². The molecule has 1 aromatic carbocycles. The third-order valence-corrected chi connectivity index (χ3v) is 4.91. The molecule has 0 aliphatic rings. The number of aromatic nitrogens is 4. The number of hydrogen-bond donors (Lipinski definition) is 3. The molecule has 0 fully saturated rings. The van der Waals surface area contributed by atoms with Crippen molar-refractivity contribution in [2.75, 3.05) is 5.32 Å². The Balaban J connectivity index is 1.62. The predicted molar refractivity (Wildman–Crippen MR) is 97.0 cm³/mol. The molecule has 0 unspecified atom stereocenters. The second-order valence-corrected chi connectivity index (χ2v) is 6.46. The van der Waals surface area contributed by atoms with Crippen LogP contribution in [0.15, 0.2) is 47.5 Å². The zero-order valence-electron chi connectivity index (χ0n) is 13.2. The van der Waals surface area contributed by atoms with E-state index >= 15 is 0 Å². The predicted octanol–water partition coefficient (Wildman–Crippen LogP) is 2.94. The van der Waals surface area contributed by atoms with Crippen molar-refractivity contribution in [3.05, 3.63) is 63.8 Å². The number of amides is 1. The summed E-state index contributed by atoms with van der Waals surface area (Å²) < 4.78 is 0. The molecule has 0 aliphatic heterocycles. The molecule has 3 heterocycles. The number of H-pyrrole nitrogens is 2. The fraction of sp³-hybridized carbons (Fsp3) is 0.0588. The zero-order valence-corrected chi connectivity index (χ0v) is 14.0. The lowest BCUT2D eigenvalue weighted by Crippen LogP contribution is -2.11. The van der Waals surface area contributed by atoms with Crippen LogP contribution < -0.4 is 11.0 Å². The van der Waals surface area contributed by atoms with Gasteiger partial charge in [0.2, 0.25) is 0 Å². The number of rotatable bonds is 3. The van der Waals surface area contributed by atoms with Crippen molar-refractivity contribution >= 4 is 34.0 Å². The number of anilines is 1. The van der Waals surface area contributed by atoms with Crippen LogP contribution in [0, 0.1) is 6.92 Å². The number of carbonyl (C=O) groups excluding carboxylic acids is 1. The molecule has 4 aromatic rings. The van der Waals surface area contributed by atoms with Crippen LogP contribution in [0.25, 0.3) is 21.6 Å². The molecule has 124 valence electrons. The number of nitrogens with one attached hydrogen (secondary N) is 3. The zero-order chi connectivity index (χ0) is 17.4. The number of carbonyl (C=O) groups is 1. The minimum atomic E-state index is -0.279. The Labute approximate surface area is 145 Å². The number of nitrogens with zero attached hydrogens (tertiary/aromatic N) is 2. The monoisotopic (exact) mass is 351 g/mol. The van der Waals surface area contributed by atoms with Gasteiger partial charge in [0.15, 0.2) is 0 Å². The summed E-state index contributed by atoms with van der Waals surface area (Å²) in [6, 6.07) is 8.91. The van der Waals surface area contributed by atoms with Gasteiger partial charge in [-0.3, -0.25) is 9.78 Å². The molecule has 3 N–H and O–H groups in total. The third-order valence-electron chi connectivity index (χ3n) is 3.70. The second-order valence-electron chi connectivity index (χ2n) is 5.46. The Kier molecular flexibility index (Phi) is 3.66. The molecule has 0 radical (unpaired) electrons.